The number of para-hydroxylation sites is 2. The maximum Gasteiger partial charge on any atom is 0.419 e. The van der Waals surface area contributed by atoms with Crippen LogP contribution < -0.4 is 10.5 Å². The van der Waals surface area contributed by atoms with Crippen molar-refractivity contribution < 1.29 is 29.0 Å². The van der Waals surface area contributed by atoms with Gasteiger partial charge in [-0.1, -0.05) is 24.3 Å². The summed E-state index contributed by atoms with van der Waals surface area (Å²) < 4.78 is 12.1. The molecule has 160 valence electrons. The van der Waals surface area contributed by atoms with E-state index in [1.165, 1.54) is 5.56 Å². The van der Waals surface area contributed by atoms with Crippen molar-refractivity contribution in [1.29, 1.82) is 0 Å². The van der Waals surface area contributed by atoms with Crippen molar-refractivity contribution in [2.24, 2.45) is 0 Å². The molecular formula is C21H24N2O7. The number of rotatable bonds is 7. The summed E-state index contributed by atoms with van der Waals surface area (Å²) in [6.07, 6.45) is 0.885. The lowest BCUT2D eigenvalue weighted by molar-refractivity contribution is -0.159. The van der Waals surface area contributed by atoms with Crippen LogP contribution in [0.4, 0.5) is 0 Å². The van der Waals surface area contributed by atoms with E-state index in [0.717, 1.165) is 30.8 Å². The number of aliphatic carboxylic acids is 2. The van der Waals surface area contributed by atoms with Gasteiger partial charge in [0.15, 0.2) is 5.58 Å². The Hall–Kier alpha value is -3.59. The molecule has 2 aromatic carbocycles. The van der Waals surface area contributed by atoms with Crippen LogP contribution >= 0.6 is 0 Å². The maximum absolute atomic E-state index is 11.9. The molecule has 3 aromatic rings. The van der Waals surface area contributed by atoms with Crippen LogP contribution in [-0.4, -0.2) is 52.3 Å². The number of carbonyl (C=O) groups is 2. The zero-order valence-corrected chi connectivity index (χ0v) is 16.8. The molecule has 0 spiro atoms. The van der Waals surface area contributed by atoms with Crippen molar-refractivity contribution in [3.8, 4) is 5.75 Å². The number of carboxylic acid groups (broad SMARTS) is 2. The second kappa shape index (κ2) is 10.8. The summed E-state index contributed by atoms with van der Waals surface area (Å²) in [6.45, 7) is 2.42. The highest BCUT2D eigenvalue weighted by molar-refractivity contribution is 6.27. The fourth-order valence-electron chi connectivity index (χ4n) is 2.85. The van der Waals surface area contributed by atoms with Crippen LogP contribution in [0.15, 0.2) is 57.7 Å². The topological polar surface area (TPSA) is 122 Å². The van der Waals surface area contributed by atoms with Crippen molar-refractivity contribution in [3.05, 3.63) is 64.6 Å². The van der Waals surface area contributed by atoms with Gasteiger partial charge in [0.25, 0.3) is 0 Å². The fraction of sp³-hybridized carbons (Fsp3) is 0.286. The van der Waals surface area contributed by atoms with Gasteiger partial charge in [0.1, 0.15) is 5.75 Å². The van der Waals surface area contributed by atoms with E-state index in [1.807, 2.05) is 36.4 Å². The first-order valence-electron chi connectivity index (χ1n) is 9.18. The standard InChI is InChI=1S/C19H22N2O3.C2H2O4/c1-20(14-15-8-10-16(23-2)11-9-15)12-5-13-21-17-6-3-4-7-18(17)24-19(21)22;3-1(4)2(5)6/h3-4,6-11H,5,12-14H2,1-2H3;(H,3,4)(H,5,6). The number of aromatic nitrogens is 1. The minimum atomic E-state index is -1.82. The number of aryl methyl sites for hydroxylation is 1. The van der Waals surface area contributed by atoms with E-state index in [-0.39, 0.29) is 5.76 Å². The number of methoxy groups -OCH3 is 1. The number of nitrogens with zero attached hydrogens (tertiary/aromatic N) is 2. The normalized spacial score (nSPS) is 10.5. The number of benzene rings is 2. The van der Waals surface area contributed by atoms with Crippen LogP contribution in [0, 0.1) is 0 Å². The van der Waals surface area contributed by atoms with Gasteiger partial charge in [0.2, 0.25) is 0 Å². The first kappa shape index (κ1) is 22.7. The smallest absolute Gasteiger partial charge is 0.419 e. The molecular weight excluding hydrogens is 392 g/mol. The van der Waals surface area contributed by atoms with Crippen LogP contribution in [0.3, 0.4) is 0 Å². The van der Waals surface area contributed by atoms with Gasteiger partial charge in [-0.2, -0.15) is 0 Å². The Kier molecular flexibility index (Phi) is 8.18. The highest BCUT2D eigenvalue weighted by atomic mass is 16.5. The highest BCUT2D eigenvalue weighted by Gasteiger charge is 2.08. The molecule has 0 saturated heterocycles. The molecule has 0 atom stereocenters. The minimum absolute atomic E-state index is 0.283. The Morgan fingerprint density at radius 3 is 2.30 bits per heavy atom. The third-order valence-electron chi connectivity index (χ3n) is 4.29. The molecule has 9 heteroatoms. The average molecular weight is 416 g/mol. The predicted octanol–water partition coefficient (Wildman–Crippen LogP) is 2.28. The monoisotopic (exact) mass is 416 g/mol. The van der Waals surface area contributed by atoms with Crippen LogP contribution in [0.5, 0.6) is 5.75 Å². The third-order valence-corrected chi connectivity index (χ3v) is 4.29. The van der Waals surface area contributed by atoms with Crippen molar-refractivity contribution in [1.82, 2.24) is 9.47 Å². The summed E-state index contributed by atoms with van der Waals surface area (Å²) in [5.74, 6) is -3.06. The predicted molar refractivity (Wildman–Crippen MR) is 110 cm³/mol. The van der Waals surface area contributed by atoms with Gasteiger partial charge in [-0.25, -0.2) is 14.4 Å². The summed E-state index contributed by atoms with van der Waals surface area (Å²) >= 11 is 0. The summed E-state index contributed by atoms with van der Waals surface area (Å²) in [6, 6.07) is 15.6. The molecule has 0 fully saturated rings. The second-order valence-corrected chi connectivity index (χ2v) is 6.54. The van der Waals surface area contributed by atoms with Gasteiger partial charge in [-0.3, -0.25) is 4.57 Å². The van der Waals surface area contributed by atoms with Gasteiger partial charge < -0.3 is 24.3 Å². The maximum atomic E-state index is 11.9. The Balaban J connectivity index is 0.000000469. The lowest BCUT2D eigenvalue weighted by Gasteiger charge is -2.16. The molecule has 0 aliphatic carbocycles. The van der Waals surface area contributed by atoms with Crippen molar-refractivity contribution in [2.75, 3.05) is 20.7 Å². The number of ether oxygens (including phenoxy) is 1. The molecule has 3 rings (SSSR count). The van der Waals surface area contributed by atoms with E-state index in [9.17, 15) is 4.79 Å². The van der Waals surface area contributed by atoms with Crippen molar-refractivity contribution in [2.45, 2.75) is 19.5 Å². The molecule has 30 heavy (non-hydrogen) atoms. The Bertz CT molecular complexity index is 1030. The van der Waals surface area contributed by atoms with Crippen molar-refractivity contribution in [3.63, 3.8) is 0 Å². The first-order valence-corrected chi connectivity index (χ1v) is 9.18. The van der Waals surface area contributed by atoms with E-state index in [4.69, 9.17) is 29.0 Å². The van der Waals surface area contributed by atoms with E-state index in [1.54, 1.807) is 11.7 Å². The summed E-state index contributed by atoms with van der Waals surface area (Å²) in [7, 11) is 3.75. The molecule has 0 bridgehead atoms. The first-order chi connectivity index (χ1) is 14.3. The zero-order chi connectivity index (χ0) is 22.1. The van der Waals surface area contributed by atoms with E-state index < -0.39 is 11.9 Å². The molecule has 0 unspecified atom stereocenters. The van der Waals surface area contributed by atoms with Crippen LogP contribution in [0.25, 0.3) is 11.1 Å². The van der Waals surface area contributed by atoms with Gasteiger partial charge in [0, 0.05) is 13.1 Å². The molecule has 0 radical (unpaired) electrons. The average Bonchev–Trinajstić information content (AvgIpc) is 3.04. The van der Waals surface area contributed by atoms with Gasteiger partial charge >= 0.3 is 17.7 Å². The number of carboxylic acids is 2. The SMILES string of the molecule is COc1ccc(CN(C)CCCn2c(=O)oc3ccccc32)cc1.O=C(O)C(=O)O. The molecule has 0 aliphatic rings. The summed E-state index contributed by atoms with van der Waals surface area (Å²) in [5, 5.41) is 14.8. The molecule has 0 saturated carbocycles. The highest BCUT2D eigenvalue weighted by Crippen LogP contribution is 2.14. The molecule has 0 aliphatic heterocycles. The Morgan fingerprint density at radius 1 is 1.07 bits per heavy atom. The van der Waals surface area contributed by atoms with E-state index >= 15 is 0 Å². The second-order valence-electron chi connectivity index (χ2n) is 6.54. The molecule has 0 amide bonds. The largest absolute Gasteiger partial charge is 0.497 e. The Labute approximate surface area is 172 Å². The molecule has 2 N–H and O–H groups in total. The van der Waals surface area contributed by atoms with E-state index in [0.29, 0.717) is 12.1 Å². The van der Waals surface area contributed by atoms with Gasteiger partial charge in [-0.05, 0) is 49.8 Å². The van der Waals surface area contributed by atoms with Crippen molar-refractivity contribution >= 4 is 23.0 Å². The zero-order valence-electron chi connectivity index (χ0n) is 16.8. The lowest BCUT2D eigenvalue weighted by atomic mass is 10.2. The van der Waals surface area contributed by atoms with Gasteiger partial charge in [-0.15, -0.1) is 0 Å². The summed E-state index contributed by atoms with van der Waals surface area (Å²) in [4.78, 5) is 32.4. The van der Waals surface area contributed by atoms with Crippen LogP contribution in [0.2, 0.25) is 0 Å². The quantitative estimate of drug-likeness (QED) is 0.563. The van der Waals surface area contributed by atoms with Gasteiger partial charge in [0.05, 0.1) is 12.6 Å². The number of hydrogen-bond donors (Lipinski definition) is 2. The number of oxazole rings is 1. The molecule has 1 aromatic heterocycles. The number of fused-ring (bicyclic) bond motifs is 1. The fourth-order valence-corrected chi connectivity index (χ4v) is 2.85. The third kappa shape index (κ3) is 6.49. The minimum Gasteiger partial charge on any atom is -0.497 e. The molecule has 1 heterocycles. The summed E-state index contributed by atoms with van der Waals surface area (Å²) in [5.41, 5.74) is 2.75. The van der Waals surface area contributed by atoms with Crippen LogP contribution in [0.1, 0.15) is 12.0 Å². The van der Waals surface area contributed by atoms with Crippen LogP contribution in [-0.2, 0) is 22.7 Å². The lowest BCUT2D eigenvalue weighted by Crippen LogP contribution is -2.22. The van der Waals surface area contributed by atoms with E-state index in [2.05, 4.69) is 24.1 Å². The Morgan fingerprint density at radius 2 is 1.70 bits per heavy atom. The molecule has 9 nitrogen and oxygen atoms in total. The number of hydrogen-bond acceptors (Lipinski definition) is 6.